The lowest BCUT2D eigenvalue weighted by atomic mass is 10.2. The molecule has 1 aliphatic rings. The minimum absolute atomic E-state index is 0.0756. The van der Waals surface area contributed by atoms with Gasteiger partial charge < -0.3 is 10.2 Å². The van der Waals surface area contributed by atoms with E-state index in [1.807, 2.05) is 0 Å². The summed E-state index contributed by atoms with van der Waals surface area (Å²) < 4.78 is 76.6. The number of carbonyl (C=O) groups excluding carboxylic acids is 2. The molecular weight excluding hydrogens is 442 g/mol. The van der Waals surface area contributed by atoms with Crippen LogP contribution in [0.2, 0.25) is 0 Å². The minimum Gasteiger partial charge on any atom is -0.325 e. The molecule has 1 atom stereocenters. The number of carbonyl (C=O) groups is 2. The molecule has 1 fully saturated rings. The second-order valence-corrected chi connectivity index (χ2v) is 7.11. The SMILES string of the molecule is CC[C@H]1CN(c2ccc(C(F)(F)F)nc2)C(=O)N1CC(=O)Nc1cccc(C(F)(F)F)c1. The van der Waals surface area contributed by atoms with E-state index in [4.69, 9.17) is 0 Å². The van der Waals surface area contributed by atoms with Gasteiger partial charge in [0.25, 0.3) is 0 Å². The van der Waals surface area contributed by atoms with Crippen LogP contribution in [0.3, 0.4) is 0 Å². The maximum atomic E-state index is 12.8. The van der Waals surface area contributed by atoms with E-state index in [0.717, 1.165) is 36.5 Å². The Morgan fingerprint density at radius 1 is 1.12 bits per heavy atom. The van der Waals surface area contributed by atoms with Gasteiger partial charge in [-0.25, -0.2) is 9.78 Å². The zero-order chi connectivity index (χ0) is 23.7. The fourth-order valence-corrected chi connectivity index (χ4v) is 3.30. The number of pyridine rings is 1. The maximum absolute atomic E-state index is 12.8. The molecule has 12 heteroatoms. The van der Waals surface area contributed by atoms with E-state index in [2.05, 4.69) is 10.3 Å². The van der Waals surface area contributed by atoms with E-state index in [9.17, 15) is 35.9 Å². The summed E-state index contributed by atoms with van der Waals surface area (Å²) >= 11 is 0. The summed E-state index contributed by atoms with van der Waals surface area (Å²) in [6.45, 7) is 1.46. The van der Waals surface area contributed by atoms with Crippen LogP contribution in [0.5, 0.6) is 0 Å². The van der Waals surface area contributed by atoms with Gasteiger partial charge in [0, 0.05) is 12.2 Å². The molecule has 0 radical (unpaired) electrons. The van der Waals surface area contributed by atoms with Gasteiger partial charge in [-0.15, -0.1) is 0 Å². The van der Waals surface area contributed by atoms with Crippen molar-refractivity contribution in [1.29, 1.82) is 0 Å². The highest BCUT2D eigenvalue weighted by molar-refractivity contribution is 5.99. The Balaban J connectivity index is 1.71. The molecule has 0 unspecified atom stereocenters. The Labute approximate surface area is 178 Å². The molecule has 3 rings (SSSR count). The summed E-state index contributed by atoms with van der Waals surface area (Å²) in [5.74, 6) is -0.705. The number of halogens is 6. The van der Waals surface area contributed by atoms with Crippen molar-refractivity contribution in [2.45, 2.75) is 31.7 Å². The van der Waals surface area contributed by atoms with E-state index in [1.54, 1.807) is 6.92 Å². The molecule has 1 N–H and O–H groups in total. The number of benzene rings is 1. The average molecular weight is 460 g/mol. The van der Waals surface area contributed by atoms with Crippen molar-refractivity contribution >= 4 is 23.3 Å². The number of hydrogen-bond donors (Lipinski definition) is 1. The molecule has 0 spiro atoms. The van der Waals surface area contributed by atoms with Gasteiger partial charge in [0.2, 0.25) is 5.91 Å². The number of hydrogen-bond acceptors (Lipinski definition) is 3. The fourth-order valence-electron chi connectivity index (χ4n) is 3.30. The van der Waals surface area contributed by atoms with Crippen LogP contribution < -0.4 is 10.2 Å². The number of rotatable bonds is 5. The van der Waals surface area contributed by atoms with Crippen molar-refractivity contribution in [3.8, 4) is 0 Å². The van der Waals surface area contributed by atoms with E-state index >= 15 is 0 Å². The first-order chi connectivity index (χ1) is 14.9. The van der Waals surface area contributed by atoms with Gasteiger partial charge in [-0.05, 0) is 36.8 Å². The number of alkyl halides is 6. The number of nitrogens with zero attached hydrogens (tertiary/aromatic N) is 3. The second kappa shape index (κ2) is 8.67. The zero-order valence-corrected chi connectivity index (χ0v) is 16.7. The van der Waals surface area contributed by atoms with Gasteiger partial charge in [-0.2, -0.15) is 26.3 Å². The summed E-state index contributed by atoms with van der Waals surface area (Å²) in [5.41, 5.74) is -1.97. The highest BCUT2D eigenvalue weighted by Crippen LogP contribution is 2.32. The first-order valence-corrected chi connectivity index (χ1v) is 9.48. The molecular formula is C20H18F6N4O2. The second-order valence-electron chi connectivity index (χ2n) is 7.11. The molecule has 2 heterocycles. The molecule has 32 heavy (non-hydrogen) atoms. The van der Waals surface area contributed by atoms with E-state index < -0.39 is 48.1 Å². The standard InChI is InChI=1S/C20H18F6N4O2/c1-2-14-10-29(15-6-7-16(27-9-15)20(24,25)26)18(32)30(14)11-17(31)28-13-5-3-4-12(8-13)19(21,22)23/h3-9,14H,2,10-11H2,1H3,(H,28,31)/t14-/m0/s1. The summed E-state index contributed by atoms with van der Waals surface area (Å²) in [6, 6.07) is 4.92. The zero-order valence-electron chi connectivity index (χ0n) is 16.7. The topological polar surface area (TPSA) is 65.5 Å². The van der Waals surface area contributed by atoms with Crippen molar-refractivity contribution in [2.24, 2.45) is 0 Å². The average Bonchev–Trinajstić information content (AvgIpc) is 3.02. The van der Waals surface area contributed by atoms with Gasteiger partial charge in [0.1, 0.15) is 12.2 Å². The monoisotopic (exact) mass is 460 g/mol. The first-order valence-electron chi connectivity index (χ1n) is 9.48. The van der Waals surface area contributed by atoms with Crippen molar-refractivity contribution in [3.05, 3.63) is 53.9 Å². The molecule has 1 aromatic carbocycles. The normalized spacial score (nSPS) is 17.1. The Kier molecular flexibility index (Phi) is 6.33. The predicted molar refractivity (Wildman–Crippen MR) is 103 cm³/mol. The van der Waals surface area contributed by atoms with Crippen LogP contribution in [0.25, 0.3) is 0 Å². The number of nitrogens with one attached hydrogen (secondary N) is 1. The lowest BCUT2D eigenvalue weighted by molar-refractivity contribution is -0.141. The summed E-state index contributed by atoms with van der Waals surface area (Å²) in [4.78, 5) is 31.0. The quantitative estimate of drug-likeness (QED) is 0.654. The Morgan fingerprint density at radius 2 is 1.84 bits per heavy atom. The van der Waals surface area contributed by atoms with Gasteiger partial charge in [-0.1, -0.05) is 13.0 Å². The molecule has 1 aromatic heterocycles. The summed E-state index contributed by atoms with van der Waals surface area (Å²) in [5, 5.41) is 2.34. The number of aromatic nitrogens is 1. The van der Waals surface area contributed by atoms with Gasteiger partial charge >= 0.3 is 18.4 Å². The first kappa shape index (κ1) is 23.4. The smallest absolute Gasteiger partial charge is 0.325 e. The predicted octanol–water partition coefficient (Wildman–Crippen LogP) is 4.78. The highest BCUT2D eigenvalue weighted by Gasteiger charge is 2.39. The van der Waals surface area contributed by atoms with E-state index in [0.29, 0.717) is 6.42 Å². The van der Waals surface area contributed by atoms with Crippen molar-refractivity contribution < 1.29 is 35.9 Å². The van der Waals surface area contributed by atoms with Gasteiger partial charge in [0.05, 0.1) is 23.5 Å². The van der Waals surface area contributed by atoms with Crippen molar-refractivity contribution in [1.82, 2.24) is 9.88 Å². The fraction of sp³-hybridized carbons (Fsp3) is 0.350. The lowest BCUT2D eigenvalue weighted by Crippen LogP contribution is -2.40. The highest BCUT2D eigenvalue weighted by atomic mass is 19.4. The third-order valence-corrected chi connectivity index (χ3v) is 4.92. The van der Waals surface area contributed by atoms with Crippen LogP contribution in [0, 0.1) is 0 Å². The molecule has 172 valence electrons. The Hall–Kier alpha value is -3.31. The minimum atomic E-state index is -4.62. The Bertz CT molecular complexity index is 991. The molecule has 3 amide bonds. The molecule has 2 aromatic rings. The molecule has 0 saturated carbocycles. The van der Waals surface area contributed by atoms with Crippen molar-refractivity contribution in [3.63, 3.8) is 0 Å². The third kappa shape index (κ3) is 5.11. The lowest BCUT2D eigenvalue weighted by Gasteiger charge is -2.21. The van der Waals surface area contributed by atoms with Crippen LogP contribution in [0.4, 0.5) is 42.5 Å². The van der Waals surface area contributed by atoms with E-state index in [1.165, 1.54) is 15.9 Å². The van der Waals surface area contributed by atoms with Gasteiger partial charge in [0.15, 0.2) is 0 Å². The van der Waals surface area contributed by atoms with E-state index in [-0.39, 0.29) is 17.9 Å². The molecule has 6 nitrogen and oxygen atoms in total. The Morgan fingerprint density at radius 3 is 2.41 bits per heavy atom. The number of urea groups is 1. The maximum Gasteiger partial charge on any atom is 0.433 e. The third-order valence-electron chi connectivity index (χ3n) is 4.92. The summed E-state index contributed by atoms with van der Waals surface area (Å²) in [6.07, 6.45) is -7.81. The van der Waals surface area contributed by atoms with Crippen LogP contribution in [0.1, 0.15) is 24.6 Å². The van der Waals surface area contributed by atoms with Gasteiger partial charge in [-0.3, -0.25) is 9.69 Å². The van der Waals surface area contributed by atoms with Crippen LogP contribution >= 0.6 is 0 Å². The van der Waals surface area contributed by atoms with Crippen LogP contribution in [-0.2, 0) is 17.1 Å². The molecule has 1 aliphatic heterocycles. The number of amides is 3. The molecule has 1 saturated heterocycles. The van der Waals surface area contributed by atoms with Crippen molar-refractivity contribution in [2.75, 3.05) is 23.3 Å². The van der Waals surface area contributed by atoms with Crippen LogP contribution in [0.15, 0.2) is 42.6 Å². The van der Waals surface area contributed by atoms with Crippen LogP contribution in [-0.4, -0.2) is 41.0 Å². The number of anilines is 2. The summed E-state index contributed by atoms with van der Waals surface area (Å²) in [7, 11) is 0. The largest absolute Gasteiger partial charge is 0.433 e. The molecule has 0 bridgehead atoms. The molecule has 0 aliphatic carbocycles.